The van der Waals surface area contributed by atoms with Gasteiger partial charge in [-0.3, -0.25) is 4.79 Å². The molecule has 0 saturated heterocycles. The minimum absolute atomic E-state index is 0.150. The summed E-state index contributed by atoms with van der Waals surface area (Å²) in [5.74, 6) is -1.71. The lowest BCUT2D eigenvalue weighted by molar-refractivity contribution is 0.0976. The Kier molecular flexibility index (Phi) is 5.85. The van der Waals surface area contributed by atoms with Crippen LogP contribution in [0.4, 0.5) is 0 Å². The maximum atomic E-state index is 12.9. The lowest BCUT2D eigenvalue weighted by atomic mass is 9.96. The number of nitrogens with zero attached hydrogens (tertiary/aromatic N) is 3. The van der Waals surface area contributed by atoms with Crippen LogP contribution in [0.2, 0.25) is 0 Å². The molecule has 0 aliphatic carbocycles. The topological polar surface area (TPSA) is 101 Å². The third-order valence-electron chi connectivity index (χ3n) is 4.32. The minimum atomic E-state index is -3.55. The first-order chi connectivity index (χ1) is 13.8. The predicted octanol–water partition coefficient (Wildman–Crippen LogP) is 3.56. The Balaban J connectivity index is 1.90. The lowest BCUT2D eigenvalue weighted by Gasteiger charge is -2.10. The van der Waals surface area contributed by atoms with Crippen LogP contribution in [-0.4, -0.2) is 24.2 Å². The molecule has 6 nitrogen and oxygen atoms in total. The fourth-order valence-electron chi connectivity index (χ4n) is 3.03. The van der Waals surface area contributed by atoms with Crippen LogP contribution in [0.3, 0.4) is 0 Å². The normalized spacial score (nSPS) is 12.2. The molecule has 1 heterocycles. The second-order valence-corrected chi connectivity index (χ2v) is 8.70. The van der Waals surface area contributed by atoms with Crippen molar-refractivity contribution in [3.05, 3.63) is 89.0 Å². The predicted molar refractivity (Wildman–Crippen MR) is 108 cm³/mol. The van der Waals surface area contributed by atoms with E-state index in [1.807, 2.05) is 6.07 Å². The van der Waals surface area contributed by atoms with Crippen LogP contribution >= 0.6 is 0 Å². The Hall–Kier alpha value is -3.37. The number of benzene rings is 2. The molecule has 1 unspecified atom stereocenters. The zero-order valence-corrected chi connectivity index (χ0v) is 16.8. The second-order valence-electron chi connectivity index (χ2n) is 6.71. The number of Topliss-reactive ketones (excluding diaryl/α,β-unsaturated/α-hetero) is 1. The van der Waals surface area contributed by atoms with Gasteiger partial charge in [-0.1, -0.05) is 36.4 Å². The van der Waals surface area contributed by atoms with E-state index in [0.29, 0.717) is 17.0 Å². The maximum absolute atomic E-state index is 12.9. The van der Waals surface area contributed by atoms with Gasteiger partial charge in [0, 0.05) is 17.0 Å². The third-order valence-corrected chi connectivity index (χ3v) is 6.02. The van der Waals surface area contributed by atoms with E-state index in [-0.39, 0.29) is 22.0 Å². The molecule has 1 atom stereocenters. The molecule has 2 aromatic carbocycles. The van der Waals surface area contributed by atoms with Crippen LogP contribution < -0.4 is 0 Å². The molecule has 0 radical (unpaired) electrons. The smallest absolute Gasteiger partial charge is 0.187 e. The van der Waals surface area contributed by atoms with Crippen molar-refractivity contribution in [2.24, 2.45) is 0 Å². The highest BCUT2D eigenvalue weighted by Gasteiger charge is 2.25. The number of ketones is 1. The summed E-state index contributed by atoms with van der Waals surface area (Å²) in [7, 11) is -3.55. The molecule has 3 rings (SSSR count). The summed E-state index contributed by atoms with van der Waals surface area (Å²) in [6.45, 7) is 3.54. The monoisotopic (exact) mass is 405 g/mol. The number of aryl methyl sites for hydroxylation is 2. The van der Waals surface area contributed by atoms with Crippen LogP contribution in [0, 0.1) is 25.2 Å². The van der Waals surface area contributed by atoms with E-state index in [4.69, 9.17) is 0 Å². The summed E-state index contributed by atoms with van der Waals surface area (Å²) in [5, 5.41) is 9.55. The summed E-state index contributed by atoms with van der Waals surface area (Å²) in [6, 6.07) is 18.2. The summed E-state index contributed by atoms with van der Waals surface area (Å²) < 4.78 is 25.2. The number of hydrogen-bond donors (Lipinski definition) is 0. The SMILES string of the molecule is Cc1cc(C)nc(C(C#N)C(=O)c2cccc(CS(=O)(=O)c3ccccc3)c2)n1. The van der Waals surface area contributed by atoms with Gasteiger partial charge in [0.25, 0.3) is 0 Å². The zero-order valence-electron chi connectivity index (χ0n) is 16.0. The molecule has 0 bridgehead atoms. The van der Waals surface area contributed by atoms with Crippen molar-refractivity contribution < 1.29 is 13.2 Å². The number of carbonyl (C=O) groups is 1. The van der Waals surface area contributed by atoms with Crippen LogP contribution in [0.1, 0.15) is 39.1 Å². The first-order valence-electron chi connectivity index (χ1n) is 8.93. The van der Waals surface area contributed by atoms with Crippen LogP contribution in [0.15, 0.2) is 65.6 Å². The van der Waals surface area contributed by atoms with Crippen molar-refractivity contribution in [2.75, 3.05) is 0 Å². The number of rotatable bonds is 6. The Morgan fingerprint density at radius 2 is 1.66 bits per heavy atom. The molecule has 29 heavy (non-hydrogen) atoms. The lowest BCUT2D eigenvalue weighted by Crippen LogP contribution is -2.16. The standard InChI is InChI=1S/C22H19N3O3S/c1-15-11-16(2)25-22(24-15)20(13-23)21(26)18-8-6-7-17(12-18)14-29(27,28)19-9-4-3-5-10-19/h3-12,20H,14H2,1-2H3. The first-order valence-corrected chi connectivity index (χ1v) is 10.6. The molecule has 0 fully saturated rings. The Morgan fingerprint density at radius 1 is 1.00 bits per heavy atom. The molecule has 0 N–H and O–H groups in total. The molecule has 0 spiro atoms. The van der Waals surface area contributed by atoms with Gasteiger partial charge in [-0.25, -0.2) is 18.4 Å². The summed E-state index contributed by atoms with van der Waals surface area (Å²) in [4.78, 5) is 21.6. The second kappa shape index (κ2) is 8.33. The molecule has 146 valence electrons. The Morgan fingerprint density at radius 3 is 2.28 bits per heavy atom. The molecule has 1 aromatic heterocycles. The van der Waals surface area contributed by atoms with Crippen molar-refractivity contribution in [1.29, 1.82) is 5.26 Å². The molecule has 0 amide bonds. The van der Waals surface area contributed by atoms with Gasteiger partial charge in [0.1, 0.15) is 0 Å². The highest BCUT2D eigenvalue weighted by molar-refractivity contribution is 7.90. The van der Waals surface area contributed by atoms with Crippen molar-refractivity contribution in [3.63, 3.8) is 0 Å². The van der Waals surface area contributed by atoms with Gasteiger partial charge in [0.05, 0.1) is 16.7 Å². The Labute approximate surface area is 169 Å². The molecule has 0 saturated carbocycles. The van der Waals surface area contributed by atoms with Gasteiger partial charge < -0.3 is 0 Å². The van der Waals surface area contributed by atoms with E-state index >= 15 is 0 Å². The summed E-state index contributed by atoms with van der Waals surface area (Å²) in [5.41, 5.74) is 2.06. The largest absolute Gasteiger partial charge is 0.292 e. The fraction of sp³-hybridized carbons (Fsp3) is 0.182. The maximum Gasteiger partial charge on any atom is 0.187 e. The average molecular weight is 405 g/mol. The highest BCUT2D eigenvalue weighted by atomic mass is 32.2. The average Bonchev–Trinajstić information content (AvgIpc) is 2.68. The van der Waals surface area contributed by atoms with Crippen LogP contribution in [-0.2, 0) is 15.6 Å². The van der Waals surface area contributed by atoms with E-state index in [1.165, 1.54) is 18.2 Å². The van der Waals surface area contributed by atoms with Crippen LogP contribution in [0.5, 0.6) is 0 Å². The highest BCUT2D eigenvalue weighted by Crippen LogP contribution is 2.21. The molecular weight excluding hydrogens is 386 g/mol. The van der Waals surface area contributed by atoms with E-state index < -0.39 is 21.5 Å². The molecule has 7 heteroatoms. The Bertz CT molecular complexity index is 1180. The van der Waals surface area contributed by atoms with Crippen molar-refractivity contribution in [1.82, 2.24) is 9.97 Å². The third kappa shape index (κ3) is 4.73. The zero-order chi connectivity index (χ0) is 21.0. The van der Waals surface area contributed by atoms with Crippen molar-refractivity contribution in [2.45, 2.75) is 30.4 Å². The summed E-state index contributed by atoms with van der Waals surface area (Å²) >= 11 is 0. The van der Waals surface area contributed by atoms with Gasteiger partial charge in [0.15, 0.2) is 27.4 Å². The number of nitriles is 1. The van der Waals surface area contributed by atoms with Gasteiger partial charge >= 0.3 is 0 Å². The van der Waals surface area contributed by atoms with Crippen molar-refractivity contribution >= 4 is 15.6 Å². The molecule has 3 aromatic rings. The van der Waals surface area contributed by atoms with E-state index in [2.05, 4.69) is 9.97 Å². The van der Waals surface area contributed by atoms with Gasteiger partial charge in [-0.05, 0) is 43.7 Å². The van der Waals surface area contributed by atoms with Crippen LogP contribution in [0.25, 0.3) is 0 Å². The van der Waals surface area contributed by atoms with Gasteiger partial charge in [0.2, 0.25) is 0 Å². The number of aromatic nitrogens is 2. The van der Waals surface area contributed by atoms with E-state index in [1.54, 1.807) is 56.3 Å². The van der Waals surface area contributed by atoms with Crippen molar-refractivity contribution in [3.8, 4) is 6.07 Å². The quantitative estimate of drug-likeness (QED) is 0.581. The summed E-state index contributed by atoms with van der Waals surface area (Å²) in [6.07, 6.45) is 0. The van der Waals surface area contributed by atoms with E-state index in [0.717, 1.165) is 0 Å². The number of carbonyl (C=O) groups excluding carboxylic acids is 1. The molecule has 0 aliphatic rings. The molecular formula is C22H19N3O3S. The molecule has 0 aliphatic heterocycles. The number of hydrogen-bond acceptors (Lipinski definition) is 6. The van der Waals surface area contributed by atoms with E-state index in [9.17, 15) is 18.5 Å². The minimum Gasteiger partial charge on any atom is -0.292 e. The van der Waals surface area contributed by atoms with Gasteiger partial charge in [-0.2, -0.15) is 5.26 Å². The first kappa shape index (κ1) is 20.4. The number of sulfone groups is 1. The fourth-order valence-corrected chi connectivity index (χ4v) is 4.38. The van der Waals surface area contributed by atoms with Gasteiger partial charge in [-0.15, -0.1) is 0 Å².